The Morgan fingerprint density at radius 3 is 2.74 bits per heavy atom. The molecule has 3 rings (SSSR count). The van der Waals surface area contributed by atoms with E-state index in [4.69, 9.17) is 4.74 Å². The molecule has 0 radical (unpaired) electrons. The number of ether oxygens (including phenoxy) is 1. The Morgan fingerprint density at radius 2 is 2.05 bits per heavy atom. The molecular formula is C15H19F2NO. The van der Waals surface area contributed by atoms with Gasteiger partial charge in [-0.1, -0.05) is 0 Å². The molecule has 1 saturated carbocycles. The SMILES string of the molecule is Fc1cc(F)c(OCC2CC2)c(CC2CCCN2)c1. The van der Waals surface area contributed by atoms with Crippen LogP contribution in [0.25, 0.3) is 0 Å². The van der Waals surface area contributed by atoms with Crippen LogP contribution >= 0.6 is 0 Å². The zero-order valence-corrected chi connectivity index (χ0v) is 10.9. The van der Waals surface area contributed by atoms with Crippen LogP contribution in [0.5, 0.6) is 5.75 Å². The van der Waals surface area contributed by atoms with E-state index in [-0.39, 0.29) is 5.75 Å². The Kier molecular flexibility index (Phi) is 3.69. The third kappa shape index (κ3) is 3.24. The van der Waals surface area contributed by atoms with Crippen LogP contribution in [-0.4, -0.2) is 19.2 Å². The summed E-state index contributed by atoms with van der Waals surface area (Å²) in [6, 6.07) is 2.63. The molecule has 0 aromatic heterocycles. The van der Waals surface area contributed by atoms with Crippen LogP contribution in [0, 0.1) is 17.6 Å². The van der Waals surface area contributed by atoms with Gasteiger partial charge in [0.25, 0.3) is 0 Å². The van der Waals surface area contributed by atoms with E-state index in [1.54, 1.807) is 0 Å². The molecular weight excluding hydrogens is 248 g/mol. The van der Waals surface area contributed by atoms with Crippen molar-refractivity contribution in [1.82, 2.24) is 5.32 Å². The van der Waals surface area contributed by atoms with Crippen molar-refractivity contribution in [2.45, 2.75) is 38.1 Å². The molecule has 4 heteroatoms. The molecule has 19 heavy (non-hydrogen) atoms. The average Bonchev–Trinajstić information content (AvgIpc) is 3.04. The van der Waals surface area contributed by atoms with E-state index in [2.05, 4.69) is 5.32 Å². The third-order valence-electron chi connectivity index (χ3n) is 3.87. The minimum absolute atomic E-state index is 0.252. The molecule has 2 aliphatic rings. The normalized spacial score (nSPS) is 22.7. The summed E-state index contributed by atoms with van der Waals surface area (Å²) in [5, 5.41) is 3.35. The van der Waals surface area contributed by atoms with Gasteiger partial charge in [-0.05, 0) is 50.6 Å². The van der Waals surface area contributed by atoms with E-state index in [1.807, 2.05) is 0 Å². The van der Waals surface area contributed by atoms with E-state index >= 15 is 0 Å². The Hall–Kier alpha value is -1.16. The van der Waals surface area contributed by atoms with Crippen molar-refractivity contribution in [2.75, 3.05) is 13.2 Å². The van der Waals surface area contributed by atoms with Crippen LogP contribution in [-0.2, 0) is 6.42 Å². The van der Waals surface area contributed by atoms with Crippen LogP contribution in [0.2, 0.25) is 0 Å². The zero-order chi connectivity index (χ0) is 13.2. The van der Waals surface area contributed by atoms with E-state index in [9.17, 15) is 8.78 Å². The second-order valence-electron chi connectivity index (χ2n) is 5.63. The van der Waals surface area contributed by atoms with Gasteiger partial charge in [0.05, 0.1) is 6.61 Å². The van der Waals surface area contributed by atoms with Gasteiger partial charge < -0.3 is 10.1 Å². The molecule has 104 valence electrons. The highest BCUT2D eigenvalue weighted by molar-refractivity contribution is 5.36. The lowest BCUT2D eigenvalue weighted by Crippen LogP contribution is -2.24. The molecule has 1 aromatic carbocycles. The van der Waals surface area contributed by atoms with Crippen LogP contribution < -0.4 is 10.1 Å². The minimum atomic E-state index is -0.575. The summed E-state index contributed by atoms with van der Waals surface area (Å²) in [6.07, 6.45) is 5.13. The van der Waals surface area contributed by atoms with Crippen molar-refractivity contribution in [3.05, 3.63) is 29.3 Å². The quantitative estimate of drug-likeness (QED) is 0.885. The molecule has 2 fully saturated rings. The highest BCUT2D eigenvalue weighted by Crippen LogP contribution is 2.32. The zero-order valence-electron chi connectivity index (χ0n) is 10.9. The molecule has 1 saturated heterocycles. The predicted molar refractivity (Wildman–Crippen MR) is 69.3 cm³/mol. The second-order valence-corrected chi connectivity index (χ2v) is 5.63. The third-order valence-corrected chi connectivity index (χ3v) is 3.87. The van der Waals surface area contributed by atoms with Gasteiger partial charge >= 0.3 is 0 Å². The van der Waals surface area contributed by atoms with Gasteiger partial charge in [-0.15, -0.1) is 0 Å². The molecule has 0 spiro atoms. The van der Waals surface area contributed by atoms with Gasteiger partial charge in [-0.3, -0.25) is 0 Å². The Labute approximate surface area is 112 Å². The summed E-state index contributed by atoms with van der Waals surface area (Å²) in [5.74, 6) is -0.290. The van der Waals surface area contributed by atoms with E-state index < -0.39 is 11.6 Å². The molecule has 1 heterocycles. The summed E-state index contributed by atoms with van der Waals surface area (Å²) >= 11 is 0. The number of rotatable bonds is 5. The first-order chi connectivity index (χ1) is 9.22. The summed E-state index contributed by atoms with van der Waals surface area (Å²) < 4.78 is 32.8. The summed E-state index contributed by atoms with van der Waals surface area (Å²) in [4.78, 5) is 0. The van der Waals surface area contributed by atoms with Crippen molar-refractivity contribution in [2.24, 2.45) is 5.92 Å². The second kappa shape index (κ2) is 5.45. The Morgan fingerprint density at radius 1 is 1.21 bits per heavy atom. The highest BCUT2D eigenvalue weighted by Gasteiger charge is 2.24. The van der Waals surface area contributed by atoms with Gasteiger partial charge in [0.2, 0.25) is 0 Å². The first-order valence-electron chi connectivity index (χ1n) is 7.06. The smallest absolute Gasteiger partial charge is 0.168 e. The molecule has 1 N–H and O–H groups in total. The monoisotopic (exact) mass is 267 g/mol. The molecule has 1 aromatic rings. The van der Waals surface area contributed by atoms with Crippen molar-refractivity contribution in [3.63, 3.8) is 0 Å². The van der Waals surface area contributed by atoms with Gasteiger partial charge in [0.1, 0.15) is 5.82 Å². The molecule has 1 aliphatic heterocycles. The van der Waals surface area contributed by atoms with E-state index in [1.165, 1.54) is 6.07 Å². The molecule has 1 unspecified atom stereocenters. The maximum atomic E-state index is 13.9. The van der Waals surface area contributed by atoms with Crippen LogP contribution in [0.3, 0.4) is 0 Å². The fourth-order valence-electron chi connectivity index (χ4n) is 2.61. The molecule has 0 bridgehead atoms. The average molecular weight is 267 g/mol. The van der Waals surface area contributed by atoms with Crippen LogP contribution in [0.1, 0.15) is 31.2 Å². The van der Waals surface area contributed by atoms with E-state index in [0.29, 0.717) is 30.6 Å². The van der Waals surface area contributed by atoms with Crippen LogP contribution in [0.15, 0.2) is 12.1 Å². The summed E-state index contributed by atoms with van der Waals surface area (Å²) in [5.41, 5.74) is 0.651. The highest BCUT2D eigenvalue weighted by atomic mass is 19.1. The van der Waals surface area contributed by atoms with Crippen molar-refractivity contribution < 1.29 is 13.5 Å². The fourth-order valence-corrected chi connectivity index (χ4v) is 2.61. The predicted octanol–water partition coefficient (Wildman–Crippen LogP) is 3.05. The first-order valence-corrected chi connectivity index (χ1v) is 7.06. The largest absolute Gasteiger partial charge is 0.490 e. The van der Waals surface area contributed by atoms with Gasteiger partial charge in [-0.2, -0.15) is 0 Å². The molecule has 1 atom stereocenters. The van der Waals surface area contributed by atoms with Crippen molar-refractivity contribution >= 4 is 0 Å². The summed E-state index contributed by atoms with van der Waals surface area (Å²) in [7, 11) is 0. The number of hydrogen-bond acceptors (Lipinski definition) is 2. The minimum Gasteiger partial charge on any atom is -0.490 e. The fraction of sp³-hybridized carbons (Fsp3) is 0.600. The standard InChI is InChI=1S/C15H19F2NO/c16-12-6-11(7-13-2-1-5-18-13)15(14(17)8-12)19-9-10-3-4-10/h6,8,10,13,18H,1-5,7,9H2. The van der Waals surface area contributed by atoms with Gasteiger partial charge in [-0.25, -0.2) is 8.78 Å². The first kappa shape index (κ1) is 12.9. The maximum Gasteiger partial charge on any atom is 0.168 e. The lowest BCUT2D eigenvalue weighted by atomic mass is 10.0. The number of nitrogens with one attached hydrogen (secondary N) is 1. The lowest BCUT2D eigenvalue weighted by molar-refractivity contribution is 0.280. The number of halogens is 2. The Bertz CT molecular complexity index is 454. The topological polar surface area (TPSA) is 21.3 Å². The van der Waals surface area contributed by atoms with Gasteiger partial charge in [0, 0.05) is 17.7 Å². The van der Waals surface area contributed by atoms with Crippen LogP contribution in [0.4, 0.5) is 8.78 Å². The number of hydrogen-bond donors (Lipinski definition) is 1. The molecule has 0 amide bonds. The van der Waals surface area contributed by atoms with Gasteiger partial charge in [0.15, 0.2) is 11.6 Å². The Balaban J connectivity index is 1.77. The maximum absolute atomic E-state index is 13.9. The molecule has 1 aliphatic carbocycles. The lowest BCUT2D eigenvalue weighted by Gasteiger charge is -2.16. The summed E-state index contributed by atoms with van der Waals surface area (Å²) in [6.45, 7) is 1.54. The van der Waals surface area contributed by atoms with E-state index in [0.717, 1.165) is 38.3 Å². The van der Waals surface area contributed by atoms with Crippen molar-refractivity contribution in [3.8, 4) is 5.75 Å². The van der Waals surface area contributed by atoms with Crippen molar-refractivity contribution in [1.29, 1.82) is 0 Å². The number of benzene rings is 1. The molecule has 2 nitrogen and oxygen atoms in total.